The summed E-state index contributed by atoms with van der Waals surface area (Å²) in [5.41, 5.74) is 3.24. The Bertz CT molecular complexity index is 606. The molecule has 0 unspecified atom stereocenters. The third-order valence-electron chi connectivity index (χ3n) is 5.19. The fourth-order valence-corrected chi connectivity index (χ4v) is 3.49. The Labute approximate surface area is 156 Å². The predicted octanol–water partition coefficient (Wildman–Crippen LogP) is 2.11. The van der Waals surface area contributed by atoms with Crippen LogP contribution in [0.15, 0.2) is 0 Å². The van der Waals surface area contributed by atoms with Gasteiger partial charge in [-0.15, -0.1) is 0 Å². The summed E-state index contributed by atoms with van der Waals surface area (Å²) >= 11 is 0. The smallest absolute Gasteiger partial charge is 0.317 e. The van der Waals surface area contributed by atoms with E-state index in [1.54, 1.807) is 4.90 Å². The van der Waals surface area contributed by atoms with Gasteiger partial charge in [0.2, 0.25) is 5.91 Å². The minimum atomic E-state index is -0.0592. The van der Waals surface area contributed by atoms with Crippen LogP contribution in [0, 0.1) is 25.7 Å². The average Bonchev–Trinajstić information content (AvgIpc) is 2.95. The molecule has 1 saturated heterocycles. The Morgan fingerprint density at radius 1 is 1.38 bits per heavy atom. The molecule has 0 radical (unpaired) electrons. The molecular weight excluding hydrogens is 330 g/mol. The van der Waals surface area contributed by atoms with E-state index in [2.05, 4.69) is 15.5 Å². The van der Waals surface area contributed by atoms with E-state index in [1.165, 1.54) is 5.56 Å². The van der Waals surface area contributed by atoms with E-state index in [0.717, 1.165) is 43.7 Å². The molecule has 2 heterocycles. The van der Waals surface area contributed by atoms with Crippen molar-refractivity contribution >= 4 is 11.9 Å². The van der Waals surface area contributed by atoms with Crippen LogP contribution in [-0.2, 0) is 11.2 Å². The van der Waals surface area contributed by atoms with Gasteiger partial charge in [-0.1, -0.05) is 13.8 Å². The van der Waals surface area contributed by atoms with Gasteiger partial charge in [-0.05, 0) is 44.6 Å². The second-order valence-electron chi connectivity index (χ2n) is 7.72. The summed E-state index contributed by atoms with van der Waals surface area (Å²) < 4.78 is 0. The Balaban J connectivity index is 1.76. The van der Waals surface area contributed by atoms with Crippen LogP contribution in [-0.4, -0.2) is 65.2 Å². The third-order valence-corrected chi connectivity index (χ3v) is 5.19. The predicted molar refractivity (Wildman–Crippen MR) is 102 cm³/mol. The largest absolute Gasteiger partial charge is 0.342 e. The van der Waals surface area contributed by atoms with Crippen molar-refractivity contribution < 1.29 is 9.59 Å². The molecule has 0 bridgehead atoms. The lowest BCUT2D eigenvalue weighted by atomic mass is 9.97. The first-order chi connectivity index (χ1) is 12.3. The molecule has 0 aliphatic carbocycles. The first kappa shape index (κ1) is 20.3. The van der Waals surface area contributed by atoms with Crippen molar-refractivity contribution in [2.24, 2.45) is 11.8 Å². The van der Waals surface area contributed by atoms with E-state index in [-0.39, 0.29) is 17.9 Å². The van der Waals surface area contributed by atoms with E-state index in [4.69, 9.17) is 0 Å². The molecule has 1 aromatic rings. The van der Waals surface area contributed by atoms with Gasteiger partial charge >= 0.3 is 6.03 Å². The number of urea groups is 1. The van der Waals surface area contributed by atoms with Gasteiger partial charge in [-0.2, -0.15) is 5.10 Å². The molecule has 2 N–H and O–H groups in total. The van der Waals surface area contributed by atoms with Crippen molar-refractivity contribution in [3.8, 4) is 0 Å². The molecule has 1 fully saturated rings. The monoisotopic (exact) mass is 363 g/mol. The fraction of sp³-hybridized carbons (Fsp3) is 0.737. The minimum Gasteiger partial charge on any atom is -0.342 e. The minimum absolute atomic E-state index is 0.0318. The van der Waals surface area contributed by atoms with Crippen LogP contribution >= 0.6 is 0 Å². The summed E-state index contributed by atoms with van der Waals surface area (Å²) in [4.78, 5) is 28.2. The van der Waals surface area contributed by atoms with E-state index in [0.29, 0.717) is 19.0 Å². The molecule has 2 rings (SSSR count). The van der Waals surface area contributed by atoms with Crippen LogP contribution in [0.1, 0.15) is 43.6 Å². The van der Waals surface area contributed by atoms with Crippen LogP contribution in [0.2, 0.25) is 0 Å². The molecular formula is C19H33N5O2. The number of rotatable bonds is 6. The van der Waals surface area contributed by atoms with Gasteiger partial charge < -0.3 is 15.1 Å². The number of likely N-dealkylation sites (N-methyl/N-ethyl adjacent to an activating group) is 1. The molecule has 3 amide bonds. The summed E-state index contributed by atoms with van der Waals surface area (Å²) in [5.74, 6) is 0.579. The van der Waals surface area contributed by atoms with Gasteiger partial charge in [-0.3, -0.25) is 9.89 Å². The SMILES string of the molecule is Cc1n[nH]c(C)c1CCN(C)C(=O)NC[C@@H]1CCCN(C(=O)C(C)C)C1. The Hall–Kier alpha value is -2.05. The lowest BCUT2D eigenvalue weighted by Gasteiger charge is -2.34. The third kappa shape index (κ3) is 5.22. The van der Waals surface area contributed by atoms with Crippen molar-refractivity contribution in [2.75, 3.05) is 33.2 Å². The molecule has 0 aromatic carbocycles. The van der Waals surface area contributed by atoms with Crippen molar-refractivity contribution in [2.45, 2.75) is 47.0 Å². The topological polar surface area (TPSA) is 81.3 Å². The number of likely N-dealkylation sites (tertiary alicyclic amines) is 1. The lowest BCUT2D eigenvalue weighted by molar-refractivity contribution is -0.136. The molecule has 7 heteroatoms. The molecule has 146 valence electrons. The van der Waals surface area contributed by atoms with Crippen LogP contribution in [0.3, 0.4) is 0 Å². The summed E-state index contributed by atoms with van der Waals surface area (Å²) in [5, 5.41) is 10.2. The van der Waals surface area contributed by atoms with E-state index in [9.17, 15) is 9.59 Å². The van der Waals surface area contributed by atoms with Gasteiger partial charge in [0, 0.05) is 44.8 Å². The maximum Gasteiger partial charge on any atom is 0.317 e. The quantitative estimate of drug-likeness (QED) is 0.812. The highest BCUT2D eigenvalue weighted by atomic mass is 16.2. The zero-order valence-corrected chi connectivity index (χ0v) is 16.8. The molecule has 0 spiro atoms. The number of aryl methyl sites for hydroxylation is 2. The maximum atomic E-state index is 12.3. The standard InChI is InChI=1S/C19H33N5O2/c1-13(2)18(25)24-9-6-7-16(12-24)11-20-19(26)23(5)10-8-17-14(3)21-22-15(17)4/h13,16H,6-12H2,1-5H3,(H,20,26)(H,21,22)/t16-/m0/s1. The maximum absolute atomic E-state index is 12.3. The second kappa shape index (κ2) is 9.05. The summed E-state index contributed by atoms with van der Waals surface area (Å²) in [6, 6.07) is -0.0592. The van der Waals surface area contributed by atoms with Crippen LogP contribution in [0.4, 0.5) is 4.79 Å². The van der Waals surface area contributed by atoms with Crippen LogP contribution < -0.4 is 5.32 Å². The highest BCUT2D eigenvalue weighted by molar-refractivity contribution is 5.78. The average molecular weight is 364 g/mol. The first-order valence-electron chi connectivity index (χ1n) is 9.57. The highest BCUT2D eigenvalue weighted by Crippen LogP contribution is 2.18. The van der Waals surface area contributed by atoms with Gasteiger partial charge in [0.05, 0.1) is 5.69 Å². The number of H-pyrrole nitrogens is 1. The summed E-state index contributed by atoms with van der Waals surface area (Å²) in [6.45, 7) is 10.7. The normalized spacial score (nSPS) is 17.5. The highest BCUT2D eigenvalue weighted by Gasteiger charge is 2.25. The number of nitrogens with one attached hydrogen (secondary N) is 2. The Morgan fingerprint density at radius 2 is 2.12 bits per heavy atom. The number of amides is 3. The van der Waals surface area contributed by atoms with Gasteiger partial charge in [0.15, 0.2) is 0 Å². The number of nitrogens with zero attached hydrogens (tertiary/aromatic N) is 3. The van der Waals surface area contributed by atoms with Crippen molar-refractivity contribution in [1.29, 1.82) is 0 Å². The number of aromatic nitrogens is 2. The number of carbonyl (C=O) groups is 2. The molecule has 1 aliphatic rings. The Kier molecular flexibility index (Phi) is 7.06. The number of piperidine rings is 1. The molecule has 1 aliphatic heterocycles. The first-order valence-corrected chi connectivity index (χ1v) is 9.57. The van der Waals surface area contributed by atoms with Gasteiger partial charge in [-0.25, -0.2) is 4.79 Å². The molecule has 1 aromatic heterocycles. The van der Waals surface area contributed by atoms with E-state index < -0.39 is 0 Å². The van der Waals surface area contributed by atoms with Crippen molar-refractivity contribution in [3.63, 3.8) is 0 Å². The lowest BCUT2D eigenvalue weighted by Crippen LogP contribution is -2.47. The van der Waals surface area contributed by atoms with Crippen molar-refractivity contribution in [1.82, 2.24) is 25.3 Å². The summed E-state index contributed by atoms with van der Waals surface area (Å²) in [7, 11) is 1.82. The van der Waals surface area contributed by atoms with Gasteiger partial charge in [0.25, 0.3) is 0 Å². The van der Waals surface area contributed by atoms with Gasteiger partial charge in [0.1, 0.15) is 0 Å². The van der Waals surface area contributed by atoms with E-state index in [1.807, 2.05) is 39.6 Å². The molecule has 7 nitrogen and oxygen atoms in total. The van der Waals surface area contributed by atoms with Crippen LogP contribution in [0.25, 0.3) is 0 Å². The van der Waals surface area contributed by atoms with Crippen molar-refractivity contribution in [3.05, 3.63) is 17.0 Å². The second-order valence-corrected chi connectivity index (χ2v) is 7.72. The number of aromatic amines is 1. The number of carbonyl (C=O) groups excluding carboxylic acids is 2. The zero-order valence-electron chi connectivity index (χ0n) is 16.8. The molecule has 1 atom stereocenters. The number of hydrogen-bond acceptors (Lipinski definition) is 3. The fourth-order valence-electron chi connectivity index (χ4n) is 3.49. The molecule has 0 saturated carbocycles. The summed E-state index contributed by atoms with van der Waals surface area (Å²) in [6.07, 6.45) is 2.85. The zero-order chi connectivity index (χ0) is 19.3. The van der Waals surface area contributed by atoms with Crippen LogP contribution in [0.5, 0.6) is 0 Å². The van der Waals surface area contributed by atoms with E-state index >= 15 is 0 Å². The Morgan fingerprint density at radius 3 is 2.73 bits per heavy atom. The molecule has 26 heavy (non-hydrogen) atoms. The number of hydrogen-bond donors (Lipinski definition) is 2.